The van der Waals surface area contributed by atoms with E-state index >= 15 is 0 Å². The second-order valence-electron chi connectivity index (χ2n) is 4.51. The fraction of sp³-hybridized carbons (Fsp3) is 0.250. The van der Waals surface area contributed by atoms with Crippen molar-refractivity contribution in [2.75, 3.05) is 0 Å². The maximum absolute atomic E-state index is 12.5. The quantitative estimate of drug-likeness (QED) is 0.675. The molecular formula is C16H15F3IN2O-. The third-order valence-electron chi connectivity index (χ3n) is 3.02. The molecule has 0 bridgehead atoms. The number of ether oxygens (including phenoxy) is 1. The predicted octanol–water partition coefficient (Wildman–Crippen LogP) is 1.61. The summed E-state index contributed by atoms with van der Waals surface area (Å²) in [6, 6.07) is 0. The fourth-order valence-corrected chi connectivity index (χ4v) is 3.39. The van der Waals surface area contributed by atoms with Crippen molar-refractivity contribution >= 4 is 0 Å². The number of hydrogen-bond donors (Lipinski definition) is 0. The van der Waals surface area contributed by atoms with E-state index in [1.54, 1.807) is 0 Å². The van der Waals surface area contributed by atoms with E-state index < -0.39 is 12.0 Å². The molecule has 0 spiro atoms. The first-order valence-corrected chi connectivity index (χ1v) is 9.36. The van der Waals surface area contributed by atoms with Crippen LogP contribution in [-0.2, 0) is 6.18 Å². The van der Waals surface area contributed by atoms with Gasteiger partial charge in [-0.2, -0.15) is 0 Å². The van der Waals surface area contributed by atoms with Crippen molar-refractivity contribution in [3.05, 3.63) is 61.5 Å². The van der Waals surface area contributed by atoms with Crippen molar-refractivity contribution in [2.45, 2.75) is 26.4 Å². The number of nitrogens with zero attached hydrogens (tertiary/aromatic N) is 2. The minimum atomic E-state index is -4.55. The normalized spacial score (nSPS) is 16.1. The van der Waals surface area contributed by atoms with E-state index in [4.69, 9.17) is 4.74 Å². The molecule has 0 aromatic carbocycles. The van der Waals surface area contributed by atoms with E-state index in [1.165, 1.54) is 0 Å². The number of hydrogen-bond acceptors (Lipinski definition) is 3. The predicted molar refractivity (Wildman–Crippen MR) is 77.0 cm³/mol. The van der Waals surface area contributed by atoms with Gasteiger partial charge in [0.05, 0.1) is 0 Å². The molecule has 2 heterocycles. The van der Waals surface area contributed by atoms with Crippen LogP contribution in [0.1, 0.15) is 26.1 Å². The Hall–Kier alpha value is -1.64. The Morgan fingerprint density at radius 3 is 2.57 bits per heavy atom. The van der Waals surface area contributed by atoms with Crippen LogP contribution in [0.2, 0.25) is 0 Å². The topological polar surface area (TPSA) is 35.0 Å². The molecule has 0 saturated heterocycles. The standard InChI is InChI=1S/C16H15F3IN2O/c1-3-11(4-2)13-6-5-7-20-8-14(13)23-12-9-21-15(22-10-12)16(17,18)19/h3,5-10H,4H2,1-2H3/q-1/b11-3+. The number of alkyl halides is 3. The Labute approximate surface area is 142 Å². The van der Waals surface area contributed by atoms with Crippen LogP contribution in [0.25, 0.3) is 0 Å². The van der Waals surface area contributed by atoms with Crippen LogP contribution >= 0.6 is 0 Å². The van der Waals surface area contributed by atoms with Gasteiger partial charge in [0.25, 0.3) is 0 Å². The van der Waals surface area contributed by atoms with Gasteiger partial charge in [0.1, 0.15) is 0 Å². The molecule has 1 aliphatic rings. The van der Waals surface area contributed by atoms with Crippen molar-refractivity contribution in [3.63, 3.8) is 0 Å². The van der Waals surface area contributed by atoms with Crippen LogP contribution in [-0.4, -0.2) is 9.97 Å². The van der Waals surface area contributed by atoms with Crippen molar-refractivity contribution in [3.8, 4) is 5.75 Å². The van der Waals surface area contributed by atoms with Gasteiger partial charge in [-0.15, -0.1) is 0 Å². The molecule has 124 valence electrons. The van der Waals surface area contributed by atoms with Gasteiger partial charge >= 0.3 is 143 Å². The summed E-state index contributed by atoms with van der Waals surface area (Å²) in [6.07, 6.45) is 4.32. The van der Waals surface area contributed by atoms with Crippen molar-refractivity contribution in [1.82, 2.24) is 9.97 Å². The Morgan fingerprint density at radius 2 is 2.00 bits per heavy atom. The van der Waals surface area contributed by atoms with Gasteiger partial charge in [0.15, 0.2) is 0 Å². The average molecular weight is 435 g/mol. The summed E-state index contributed by atoms with van der Waals surface area (Å²) in [7, 11) is 0. The van der Waals surface area contributed by atoms with Crippen molar-refractivity contribution in [1.29, 1.82) is 0 Å². The Morgan fingerprint density at radius 1 is 1.30 bits per heavy atom. The van der Waals surface area contributed by atoms with Gasteiger partial charge in [-0.05, 0) is 0 Å². The molecule has 23 heavy (non-hydrogen) atoms. The van der Waals surface area contributed by atoms with Crippen LogP contribution in [0.4, 0.5) is 13.2 Å². The van der Waals surface area contributed by atoms with Crippen molar-refractivity contribution in [2.24, 2.45) is 0 Å². The summed E-state index contributed by atoms with van der Waals surface area (Å²) >= 11 is -0.308. The van der Waals surface area contributed by atoms with Gasteiger partial charge < -0.3 is 0 Å². The molecule has 0 N–H and O–H groups in total. The first-order valence-electron chi connectivity index (χ1n) is 6.87. The van der Waals surface area contributed by atoms with Crippen molar-refractivity contribution < 1.29 is 39.1 Å². The Kier molecular flexibility index (Phi) is 5.97. The summed E-state index contributed by atoms with van der Waals surface area (Å²) in [5.41, 5.74) is 2.04. The van der Waals surface area contributed by atoms with Crippen LogP contribution in [0.3, 0.4) is 0 Å². The van der Waals surface area contributed by atoms with E-state index in [-0.39, 0.29) is 27.0 Å². The fourth-order valence-electron chi connectivity index (χ4n) is 1.94. The Bertz CT molecular complexity index is 674. The molecule has 3 nitrogen and oxygen atoms in total. The van der Waals surface area contributed by atoms with E-state index in [2.05, 4.69) is 14.1 Å². The molecule has 0 radical (unpaired) electrons. The van der Waals surface area contributed by atoms with E-state index in [1.807, 2.05) is 36.2 Å². The van der Waals surface area contributed by atoms with Crippen LogP contribution in [0.5, 0.6) is 5.75 Å². The molecule has 0 amide bonds. The summed E-state index contributed by atoms with van der Waals surface area (Å²) in [5.74, 6) is -0.346. The maximum atomic E-state index is 12.5. The molecule has 1 aromatic heterocycles. The third-order valence-corrected chi connectivity index (χ3v) is 4.78. The zero-order chi connectivity index (χ0) is 16.9. The SMILES string of the molecule is C/C=C(\CC)C1=CC=C[I-]C=C1Oc1cnc(C(F)(F)F)nc1. The summed E-state index contributed by atoms with van der Waals surface area (Å²) in [5, 5.41) is 0. The summed E-state index contributed by atoms with van der Waals surface area (Å²) < 4.78 is 47.3. The first-order chi connectivity index (χ1) is 11.0. The zero-order valence-electron chi connectivity index (χ0n) is 12.6. The second kappa shape index (κ2) is 7.76. The molecule has 0 atom stereocenters. The number of aromatic nitrogens is 2. The molecule has 0 saturated carbocycles. The number of rotatable bonds is 4. The zero-order valence-corrected chi connectivity index (χ0v) is 14.7. The van der Waals surface area contributed by atoms with Crippen LogP contribution < -0.4 is 25.9 Å². The van der Waals surface area contributed by atoms with E-state index in [0.717, 1.165) is 30.0 Å². The monoisotopic (exact) mass is 435 g/mol. The molecule has 0 fully saturated rings. The minimum absolute atomic E-state index is 0.188. The van der Waals surface area contributed by atoms with Gasteiger partial charge in [0, 0.05) is 0 Å². The average Bonchev–Trinajstić information content (AvgIpc) is 2.74. The summed E-state index contributed by atoms with van der Waals surface area (Å²) in [6.45, 7) is 3.99. The van der Waals surface area contributed by atoms with Gasteiger partial charge in [0.2, 0.25) is 0 Å². The van der Waals surface area contributed by atoms with Gasteiger partial charge in [-0.1, -0.05) is 0 Å². The molecular weight excluding hydrogens is 420 g/mol. The van der Waals surface area contributed by atoms with Crippen LogP contribution in [0.15, 0.2) is 55.7 Å². The van der Waals surface area contributed by atoms with Gasteiger partial charge in [-0.3, -0.25) is 0 Å². The second-order valence-corrected chi connectivity index (χ2v) is 6.57. The molecule has 7 heteroatoms. The number of allylic oxidation sites excluding steroid dienone is 4. The van der Waals surface area contributed by atoms with E-state index in [9.17, 15) is 13.2 Å². The number of halogens is 4. The first kappa shape index (κ1) is 17.7. The van der Waals surface area contributed by atoms with Gasteiger partial charge in [-0.25, -0.2) is 0 Å². The third kappa shape index (κ3) is 4.66. The summed E-state index contributed by atoms with van der Waals surface area (Å²) in [4.78, 5) is 6.64. The van der Waals surface area contributed by atoms with E-state index in [0.29, 0.717) is 5.76 Å². The molecule has 1 aromatic rings. The molecule has 0 aliphatic carbocycles. The molecule has 2 rings (SSSR count). The molecule has 1 aliphatic heterocycles. The van der Waals surface area contributed by atoms with Crippen LogP contribution in [0, 0.1) is 0 Å². The molecule has 0 unspecified atom stereocenters. The Balaban J connectivity index is 2.25.